The zero-order chi connectivity index (χ0) is 12.4. The summed E-state index contributed by atoms with van der Waals surface area (Å²) in [5, 5.41) is 9.61. The summed E-state index contributed by atoms with van der Waals surface area (Å²) in [6.45, 7) is 2.85. The molecule has 6 heteroatoms. The second-order valence-electron chi connectivity index (χ2n) is 4.90. The first-order valence-electron chi connectivity index (χ1n) is 6.59. The van der Waals surface area contributed by atoms with Crippen LogP contribution in [0.2, 0.25) is 0 Å². The molecule has 1 saturated heterocycles. The molecule has 2 heterocycles. The van der Waals surface area contributed by atoms with Crippen molar-refractivity contribution in [2.24, 2.45) is 0 Å². The van der Waals surface area contributed by atoms with Gasteiger partial charge in [0.25, 0.3) is 0 Å². The zero-order valence-electron chi connectivity index (χ0n) is 10.7. The number of hydrogen-bond acceptors (Lipinski definition) is 6. The lowest BCUT2D eigenvalue weighted by molar-refractivity contribution is -0.0911. The number of fused-ring (bicyclic) bond motifs is 1. The molecule has 0 spiro atoms. The molecular formula is C12H19N3OS2. The fraction of sp³-hybridized carbons (Fsp3) is 0.833. The van der Waals surface area contributed by atoms with Gasteiger partial charge in [0, 0.05) is 12.6 Å². The summed E-state index contributed by atoms with van der Waals surface area (Å²) in [6, 6.07) is 0.606. The van der Waals surface area contributed by atoms with E-state index in [0.29, 0.717) is 12.1 Å². The monoisotopic (exact) mass is 285 g/mol. The quantitative estimate of drug-likeness (QED) is 0.797. The molecule has 18 heavy (non-hydrogen) atoms. The largest absolute Gasteiger partial charge is 0.375 e. The summed E-state index contributed by atoms with van der Waals surface area (Å²) in [6.07, 6.45) is 7.68. The Morgan fingerprint density at radius 1 is 1.39 bits per heavy atom. The summed E-state index contributed by atoms with van der Waals surface area (Å²) in [4.78, 5) is 2.55. The van der Waals surface area contributed by atoms with E-state index in [9.17, 15) is 0 Å². The van der Waals surface area contributed by atoms with Gasteiger partial charge in [-0.3, -0.25) is 4.90 Å². The Hall–Kier alpha value is -0.170. The van der Waals surface area contributed by atoms with Crippen LogP contribution in [0.25, 0.3) is 0 Å². The molecule has 0 unspecified atom stereocenters. The van der Waals surface area contributed by atoms with Gasteiger partial charge in [0.2, 0.25) is 0 Å². The highest BCUT2D eigenvalue weighted by atomic mass is 32.2. The summed E-state index contributed by atoms with van der Waals surface area (Å²) < 4.78 is 6.97. The molecule has 1 aromatic rings. The molecule has 0 aromatic carbocycles. The molecular weight excluding hydrogens is 266 g/mol. The van der Waals surface area contributed by atoms with Crippen LogP contribution in [0.3, 0.4) is 0 Å². The van der Waals surface area contributed by atoms with Gasteiger partial charge in [0.1, 0.15) is 5.01 Å². The number of rotatable bonds is 3. The highest BCUT2D eigenvalue weighted by Gasteiger charge is 2.34. The maximum absolute atomic E-state index is 5.90. The summed E-state index contributed by atoms with van der Waals surface area (Å²) in [5.41, 5.74) is 0. The highest BCUT2D eigenvalue weighted by molar-refractivity contribution is 8.00. The average molecular weight is 285 g/mol. The maximum atomic E-state index is 5.90. The molecule has 4 nitrogen and oxygen atoms in total. The van der Waals surface area contributed by atoms with Crippen molar-refractivity contribution in [2.75, 3.05) is 19.4 Å². The Morgan fingerprint density at radius 3 is 3.11 bits per heavy atom. The first-order valence-corrected chi connectivity index (χ1v) is 8.63. The van der Waals surface area contributed by atoms with Crippen LogP contribution >= 0.6 is 23.1 Å². The van der Waals surface area contributed by atoms with Crippen molar-refractivity contribution in [3.8, 4) is 0 Å². The van der Waals surface area contributed by atoms with Crippen LogP contribution in [0.5, 0.6) is 0 Å². The van der Waals surface area contributed by atoms with E-state index in [0.717, 1.165) is 29.0 Å². The molecule has 1 aliphatic heterocycles. The molecule has 1 aromatic heterocycles. The highest BCUT2D eigenvalue weighted by Crippen LogP contribution is 2.30. The van der Waals surface area contributed by atoms with E-state index < -0.39 is 0 Å². The lowest BCUT2D eigenvalue weighted by Crippen LogP contribution is -2.52. The maximum Gasteiger partial charge on any atom is 0.174 e. The van der Waals surface area contributed by atoms with Gasteiger partial charge in [-0.2, -0.15) is 0 Å². The van der Waals surface area contributed by atoms with Crippen LogP contribution < -0.4 is 0 Å². The van der Waals surface area contributed by atoms with Gasteiger partial charge >= 0.3 is 0 Å². The van der Waals surface area contributed by atoms with Crippen LogP contribution in [-0.2, 0) is 11.3 Å². The number of morpholine rings is 1. The van der Waals surface area contributed by atoms with Gasteiger partial charge in [-0.25, -0.2) is 0 Å². The molecule has 0 bridgehead atoms. The molecule has 2 atom stereocenters. The lowest BCUT2D eigenvalue weighted by atomic mass is 9.90. The zero-order valence-corrected chi connectivity index (χ0v) is 12.3. The van der Waals surface area contributed by atoms with E-state index in [4.69, 9.17) is 4.74 Å². The second-order valence-corrected chi connectivity index (χ2v) is 7.01. The fourth-order valence-corrected chi connectivity index (χ4v) is 4.27. The van der Waals surface area contributed by atoms with Crippen molar-refractivity contribution < 1.29 is 4.74 Å². The first kappa shape index (κ1) is 12.8. The van der Waals surface area contributed by atoms with Crippen molar-refractivity contribution in [2.45, 2.75) is 48.7 Å². The van der Waals surface area contributed by atoms with Crippen molar-refractivity contribution >= 4 is 23.1 Å². The molecule has 100 valence electrons. The molecule has 2 aliphatic rings. The Kier molecular flexibility index (Phi) is 4.18. The topological polar surface area (TPSA) is 38.2 Å². The molecule has 0 N–H and O–H groups in total. The van der Waals surface area contributed by atoms with Crippen molar-refractivity contribution in [3.63, 3.8) is 0 Å². The van der Waals surface area contributed by atoms with E-state index >= 15 is 0 Å². The van der Waals surface area contributed by atoms with Crippen LogP contribution in [0.4, 0.5) is 0 Å². The summed E-state index contributed by atoms with van der Waals surface area (Å²) >= 11 is 3.40. The SMILES string of the molecule is CSc1nnc(CN2CCO[C@@H]3CCCC[C@H]32)s1. The minimum Gasteiger partial charge on any atom is -0.375 e. The molecule has 2 fully saturated rings. The number of thioether (sulfide) groups is 1. The third-order valence-corrected chi connectivity index (χ3v) is 5.69. The molecule has 1 aliphatic carbocycles. The third kappa shape index (κ3) is 2.71. The Bertz CT molecular complexity index is 396. The van der Waals surface area contributed by atoms with Gasteiger partial charge < -0.3 is 4.74 Å². The van der Waals surface area contributed by atoms with E-state index in [1.54, 1.807) is 23.1 Å². The minimum atomic E-state index is 0.459. The predicted molar refractivity (Wildman–Crippen MR) is 74.1 cm³/mol. The summed E-state index contributed by atoms with van der Waals surface area (Å²) in [7, 11) is 0. The van der Waals surface area contributed by atoms with Gasteiger partial charge in [-0.1, -0.05) is 35.9 Å². The second kappa shape index (κ2) is 5.86. The smallest absolute Gasteiger partial charge is 0.174 e. The number of ether oxygens (including phenoxy) is 1. The van der Waals surface area contributed by atoms with Crippen LogP contribution in [-0.4, -0.2) is 46.7 Å². The van der Waals surface area contributed by atoms with Crippen molar-refractivity contribution in [1.82, 2.24) is 15.1 Å². The normalized spacial score (nSPS) is 29.2. The van der Waals surface area contributed by atoms with E-state index in [2.05, 4.69) is 21.4 Å². The Morgan fingerprint density at radius 2 is 2.28 bits per heavy atom. The third-order valence-electron chi connectivity index (χ3n) is 3.81. The molecule has 1 saturated carbocycles. The Labute approximate surface area is 116 Å². The fourth-order valence-electron chi connectivity index (χ4n) is 2.93. The van der Waals surface area contributed by atoms with Gasteiger partial charge in [0.15, 0.2) is 4.34 Å². The van der Waals surface area contributed by atoms with Gasteiger partial charge in [-0.15, -0.1) is 10.2 Å². The number of nitrogens with zero attached hydrogens (tertiary/aromatic N) is 3. The average Bonchev–Trinajstić information content (AvgIpc) is 2.87. The first-order chi connectivity index (χ1) is 8.86. The van der Waals surface area contributed by atoms with Gasteiger partial charge in [0.05, 0.1) is 19.3 Å². The van der Waals surface area contributed by atoms with E-state index in [1.165, 1.54) is 25.7 Å². The molecule has 3 rings (SSSR count). The molecule has 0 radical (unpaired) electrons. The van der Waals surface area contributed by atoms with E-state index in [-0.39, 0.29) is 0 Å². The molecule has 0 amide bonds. The Balaban J connectivity index is 1.66. The lowest BCUT2D eigenvalue weighted by Gasteiger charge is -2.43. The number of hydrogen-bond donors (Lipinski definition) is 0. The van der Waals surface area contributed by atoms with E-state index in [1.807, 2.05) is 0 Å². The van der Waals surface area contributed by atoms with Crippen LogP contribution in [0.15, 0.2) is 4.34 Å². The van der Waals surface area contributed by atoms with Crippen LogP contribution in [0.1, 0.15) is 30.7 Å². The number of aromatic nitrogens is 2. The van der Waals surface area contributed by atoms with Crippen molar-refractivity contribution in [3.05, 3.63) is 5.01 Å². The van der Waals surface area contributed by atoms with Crippen molar-refractivity contribution in [1.29, 1.82) is 0 Å². The minimum absolute atomic E-state index is 0.459. The standard InChI is InChI=1S/C12H19N3OS2/c1-17-12-14-13-11(18-12)8-15-6-7-16-10-5-3-2-4-9(10)15/h9-10H,2-8H2,1H3/t9-,10-/m1/s1. The predicted octanol–water partition coefficient (Wildman–Crippen LogP) is 2.40. The summed E-state index contributed by atoms with van der Waals surface area (Å²) in [5.74, 6) is 0. The van der Waals surface area contributed by atoms with Crippen LogP contribution in [0, 0.1) is 0 Å². The van der Waals surface area contributed by atoms with Gasteiger partial charge in [-0.05, 0) is 19.1 Å².